The first-order valence-corrected chi connectivity index (χ1v) is 10.6. The molecular formula is C22H18ClF2N7O. The molecule has 11 heteroatoms. The molecule has 2 aromatic heterocycles. The molecule has 3 heterocycles. The van der Waals surface area contributed by atoms with Crippen molar-refractivity contribution in [2.24, 2.45) is 7.05 Å². The van der Waals surface area contributed by atoms with Crippen LogP contribution < -0.4 is 0 Å². The van der Waals surface area contributed by atoms with Gasteiger partial charge in [-0.2, -0.15) is 5.10 Å². The zero-order valence-corrected chi connectivity index (χ0v) is 18.4. The standard InChI is InChI=1S/C22H18ClF2N7O/c1-12-14-5-3-4-6-15(14)17(16-10-26-30(2)20(16)23)11-31(12)22(33)21-27-29-32(28-21)19-8-7-13(24)9-18(19)25/h3-10,12,17H,11H2,1-2H3. The second-order valence-electron chi connectivity index (χ2n) is 7.83. The zero-order chi connectivity index (χ0) is 23.3. The summed E-state index contributed by atoms with van der Waals surface area (Å²) in [6.45, 7) is 2.24. The third kappa shape index (κ3) is 3.56. The van der Waals surface area contributed by atoms with Crippen LogP contribution in [0.25, 0.3) is 5.69 Å². The van der Waals surface area contributed by atoms with E-state index in [2.05, 4.69) is 20.5 Å². The second-order valence-corrected chi connectivity index (χ2v) is 8.19. The fourth-order valence-electron chi connectivity index (χ4n) is 4.20. The molecule has 1 amide bonds. The topological polar surface area (TPSA) is 81.7 Å². The zero-order valence-electron chi connectivity index (χ0n) is 17.7. The average Bonchev–Trinajstić information content (AvgIpc) is 3.41. The van der Waals surface area contributed by atoms with Crippen molar-refractivity contribution in [3.05, 3.63) is 88.0 Å². The predicted molar refractivity (Wildman–Crippen MR) is 115 cm³/mol. The van der Waals surface area contributed by atoms with Crippen LogP contribution >= 0.6 is 11.6 Å². The van der Waals surface area contributed by atoms with E-state index in [1.807, 2.05) is 31.2 Å². The minimum Gasteiger partial charge on any atom is -0.328 e. The van der Waals surface area contributed by atoms with Crippen LogP contribution in [-0.4, -0.2) is 47.3 Å². The molecule has 1 aliphatic heterocycles. The molecule has 0 saturated carbocycles. The molecule has 1 aliphatic rings. The van der Waals surface area contributed by atoms with Gasteiger partial charge >= 0.3 is 0 Å². The molecule has 4 aromatic rings. The summed E-state index contributed by atoms with van der Waals surface area (Å²) in [4.78, 5) is 15.9. The van der Waals surface area contributed by atoms with Gasteiger partial charge in [0.1, 0.15) is 16.7 Å². The molecule has 2 aromatic carbocycles. The Morgan fingerprint density at radius 2 is 1.88 bits per heavy atom. The molecule has 0 bridgehead atoms. The van der Waals surface area contributed by atoms with Crippen LogP contribution in [0.1, 0.15) is 46.2 Å². The first-order chi connectivity index (χ1) is 15.8. The summed E-state index contributed by atoms with van der Waals surface area (Å²) < 4.78 is 28.9. The maximum Gasteiger partial charge on any atom is 0.296 e. The Kier molecular flexibility index (Phi) is 5.16. The molecular weight excluding hydrogens is 452 g/mol. The lowest BCUT2D eigenvalue weighted by Crippen LogP contribution is -2.41. The average molecular weight is 470 g/mol. The first kappa shape index (κ1) is 21.2. The van der Waals surface area contributed by atoms with Gasteiger partial charge in [-0.15, -0.1) is 15.0 Å². The highest BCUT2D eigenvalue weighted by Crippen LogP contribution is 2.41. The van der Waals surface area contributed by atoms with Crippen molar-refractivity contribution in [3.8, 4) is 5.69 Å². The van der Waals surface area contributed by atoms with Gasteiger partial charge in [-0.3, -0.25) is 9.48 Å². The molecule has 0 spiro atoms. The van der Waals surface area contributed by atoms with Gasteiger partial charge in [0.25, 0.3) is 11.7 Å². The first-order valence-electron chi connectivity index (χ1n) is 10.2. The van der Waals surface area contributed by atoms with Crippen LogP contribution in [0.15, 0.2) is 48.7 Å². The molecule has 2 atom stereocenters. The molecule has 8 nitrogen and oxygen atoms in total. The summed E-state index contributed by atoms with van der Waals surface area (Å²) in [5, 5.41) is 16.4. The number of halogens is 3. The molecule has 2 unspecified atom stereocenters. The Morgan fingerprint density at radius 3 is 2.58 bits per heavy atom. The predicted octanol–water partition coefficient (Wildman–Crippen LogP) is 3.68. The number of aromatic nitrogens is 6. The lowest BCUT2D eigenvalue weighted by atomic mass is 9.82. The van der Waals surface area contributed by atoms with E-state index in [0.29, 0.717) is 17.8 Å². The van der Waals surface area contributed by atoms with Crippen LogP contribution in [0.5, 0.6) is 0 Å². The summed E-state index contributed by atoms with van der Waals surface area (Å²) >= 11 is 6.48. The Balaban J connectivity index is 1.51. The van der Waals surface area contributed by atoms with Crippen molar-refractivity contribution >= 4 is 17.5 Å². The monoisotopic (exact) mass is 469 g/mol. The molecule has 0 aliphatic carbocycles. The van der Waals surface area contributed by atoms with Crippen molar-refractivity contribution in [1.82, 2.24) is 34.9 Å². The second kappa shape index (κ2) is 8.04. The molecule has 0 saturated heterocycles. The third-order valence-corrected chi connectivity index (χ3v) is 6.39. The Morgan fingerprint density at radius 1 is 1.12 bits per heavy atom. The summed E-state index contributed by atoms with van der Waals surface area (Å²) in [5.74, 6) is -2.45. The van der Waals surface area contributed by atoms with E-state index in [4.69, 9.17) is 11.6 Å². The van der Waals surface area contributed by atoms with Crippen molar-refractivity contribution in [2.45, 2.75) is 18.9 Å². The maximum atomic E-state index is 14.1. The number of hydrogen-bond acceptors (Lipinski definition) is 5. The van der Waals surface area contributed by atoms with Gasteiger partial charge in [0, 0.05) is 31.1 Å². The molecule has 0 fully saturated rings. The van der Waals surface area contributed by atoms with Gasteiger partial charge in [-0.1, -0.05) is 35.9 Å². The van der Waals surface area contributed by atoms with Gasteiger partial charge in [-0.05, 0) is 35.4 Å². The number of rotatable bonds is 3. The summed E-state index contributed by atoms with van der Waals surface area (Å²) in [6, 6.07) is 10.6. The summed E-state index contributed by atoms with van der Waals surface area (Å²) in [6.07, 6.45) is 1.70. The largest absolute Gasteiger partial charge is 0.328 e. The number of fused-ring (bicyclic) bond motifs is 1. The quantitative estimate of drug-likeness (QED) is 0.457. The molecule has 168 valence electrons. The van der Waals surface area contributed by atoms with Crippen LogP contribution in [0.3, 0.4) is 0 Å². The SMILES string of the molecule is CC1c2ccccc2C(c2cnn(C)c2Cl)CN1C(=O)c1nnn(-c2ccc(F)cc2F)n1. The van der Waals surface area contributed by atoms with E-state index in [-0.39, 0.29) is 23.5 Å². The maximum absolute atomic E-state index is 14.1. The minimum absolute atomic E-state index is 0.111. The Hall–Kier alpha value is -3.66. The number of carbonyl (C=O) groups is 1. The molecule has 5 rings (SSSR count). The van der Waals surface area contributed by atoms with Crippen LogP contribution in [0.4, 0.5) is 8.78 Å². The Labute approximate surface area is 192 Å². The van der Waals surface area contributed by atoms with Gasteiger partial charge < -0.3 is 4.90 Å². The number of benzene rings is 2. The van der Waals surface area contributed by atoms with Gasteiger partial charge in [0.15, 0.2) is 5.82 Å². The summed E-state index contributed by atoms with van der Waals surface area (Å²) in [7, 11) is 1.75. The van der Waals surface area contributed by atoms with E-state index >= 15 is 0 Å². The van der Waals surface area contributed by atoms with Gasteiger partial charge in [0.2, 0.25) is 0 Å². The lowest BCUT2D eigenvalue weighted by Gasteiger charge is -2.39. The van der Waals surface area contributed by atoms with E-state index in [9.17, 15) is 13.6 Å². The molecule has 33 heavy (non-hydrogen) atoms. The van der Waals surface area contributed by atoms with E-state index in [0.717, 1.165) is 27.6 Å². The highest BCUT2D eigenvalue weighted by atomic mass is 35.5. The fourth-order valence-corrected chi connectivity index (χ4v) is 4.43. The number of carbonyl (C=O) groups excluding carboxylic acids is 1. The van der Waals surface area contributed by atoms with Crippen molar-refractivity contribution < 1.29 is 13.6 Å². The van der Waals surface area contributed by atoms with E-state index in [1.54, 1.807) is 22.8 Å². The normalized spacial score (nSPS) is 17.8. The van der Waals surface area contributed by atoms with Gasteiger partial charge in [-0.25, -0.2) is 8.78 Å². The van der Waals surface area contributed by atoms with Crippen LogP contribution in [0, 0.1) is 11.6 Å². The van der Waals surface area contributed by atoms with Crippen LogP contribution in [0.2, 0.25) is 5.15 Å². The smallest absolute Gasteiger partial charge is 0.296 e. The lowest BCUT2D eigenvalue weighted by molar-refractivity contribution is 0.0652. The minimum atomic E-state index is -0.863. The van der Waals surface area contributed by atoms with E-state index < -0.39 is 17.5 Å². The third-order valence-electron chi connectivity index (χ3n) is 5.93. The van der Waals surface area contributed by atoms with E-state index in [1.165, 1.54) is 6.07 Å². The molecule has 0 radical (unpaired) electrons. The number of hydrogen-bond donors (Lipinski definition) is 0. The van der Waals surface area contributed by atoms with Crippen molar-refractivity contribution in [3.63, 3.8) is 0 Å². The van der Waals surface area contributed by atoms with Crippen molar-refractivity contribution in [2.75, 3.05) is 6.54 Å². The molecule has 0 N–H and O–H groups in total. The highest BCUT2D eigenvalue weighted by Gasteiger charge is 2.37. The summed E-state index contributed by atoms with van der Waals surface area (Å²) in [5.41, 5.74) is 2.73. The Bertz CT molecular complexity index is 1370. The number of amides is 1. The number of aryl methyl sites for hydroxylation is 1. The highest BCUT2D eigenvalue weighted by molar-refractivity contribution is 6.30. The van der Waals surface area contributed by atoms with Gasteiger partial charge in [0.05, 0.1) is 12.2 Å². The number of tetrazole rings is 1. The van der Waals surface area contributed by atoms with Crippen LogP contribution in [-0.2, 0) is 7.05 Å². The fraction of sp³-hybridized carbons (Fsp3) is 0.227. The van der Waals surface area contributed by atoms with Crippen molar-refractivity contribution in [1.29, 1.82) is 0 Å². The number of nitrogens with zero attached hydrogens (tertiary/aromatic N) is 7.